The molecule has 5 nitrogen and oxygen atoms in total. The van der Waals surface area contributed by atoms with Crippen LogP contribution in [0.4, 0.5) is 5.13 Å². The fourth-order valence-electron chi connectivity index (χ4n) is 2.16. The lowest BCUT2D eigenvalue weighted by molar-refractivity contribution is -0.113. The van der Waals surface area contributed by atoms with Crippen LogP contribution in [0.2, 0.25) is 5.02 Å². The van der Waals surface area contributed by atoms with Gasteiger partial charge in [0.2, 0.25) is 5.91 Å². The summed E-state index contributed by atoms with van der Waals surface area (Å²) < 4.78 is 0. The molecule has 134 valence electrons. The molecule has 0 aliphatic rings. The summed E-state index contributed by atoms with van der Waals surface area (Å²) in [7, 11) is 0. The molecule has 2 heterocycles. The third kappa shape index (κ3) is 5.27. The highest BCUT2D eigenvalue weighted by atomic mass is 35.5. The van der Waals surface area contributed by atoms with Gasteiger partial charge in [-0.15, -0.1) is 11.3 Å². The van der Waals surface area contributed by atoms with Crippen molar-refractivity contribution in [2.75, 3.05) is 11.1 Å². The van der Waals surface area contributed by atoms with Crippen molar-refractivity contribution in [3.05, 3.63) is 63.4 Å². The third-order valence-corrected chi connectivity index (χ3v) is 5.61. The monoisotopic (exact) mass is 404 g/mol. The predicted molar refractivity (Wildman–Crippen MR) is 107 cm³/mol. The van der Waals surface area contributed by atoms with E-state index in [4.69, 9.17) is 11.6 Å². The Balaban J connectivity index is 1.53. The van der Waals surface area contributed by atoms with E-state index in [1.54, 1.807) is 12.4 Å². The summed E-state index contributed by atoms with van der Waals surface area (Å²) in [6, 6.07) is 7.72. The van der Waals surface area contributed by atoms with Crippen molar-refractivity contribution in [1.29, 1.82) is 0 Å². The number of nitrogens with zero attached hydrogens (tertiary/aromatic N) is 3. The Labute approximate surface area is 165 Å². The van der Waals surface area contributed by atoms with Gasteiger partial charge >= 0.3 is 0 Å². The zero-order chi connectivity index (χ0) is 18.5. The van der Waals surface area contributed by atoms with E-state index in [1.165, 1.54) is 23.1 Å². The summed E-state index contributed by atoms with van der Waals surface area (Å²) in [4.78, 5) is 26.0. The molecule has 0 bridgehead atoms. The Hall–Kier alpha value is -1.96. The summed E-state index contributed by atoms with van der Waals surface area (Å²) in [6.07, 6.45) is 4.28. The highest BCUT2D eigenvalue weighted by molar-refractivity contribution is 7.99. The number of amides is 1. The predicted octanol–water partition coefficient (Wildman–Crippen LogP) is 4.52. The van der Waals surface area contributed by atoms with Crippen LogP contribution >= 0.6 is 34.7 Å². The second-order valence-corrected chi connectivity index (χ2v) is 8.19. The molecule has 0 aliphatic heterocycles. The van der Waals surface area contributed by atoms with Crippen LogP contribution in [0.5, 0.6) is 0 Å². The molecule has 0 radical (unpaired) electrons. The Morgan fingerprint density at radius 3 is 2.88 bits per heavy atom. The molecule has 1 aromatic carbocycles. The molecule has 0 fully saturated rings. The lowest BCUT2D eigenvalue weighted by atomic mass is 10.1. The Kier molecular flexibility index (Phi) is 6.24. The minimum atomic E-state index is -0.125. The topological polar surface area (TPSA) is 67.8 Å². The van der Waals surface area contributed by atoms with Crippen molar-refractivity contribution in [1.82, 2.24) is 15.0 Å². The summed E-state index contributed by atoms with van der Waals surface area (Å²) in [5.41, 5.74) is 3.07. The molecular formula is C18H17ClN4OS2. The first-order valence-electron chi connectivity index (χ1n) is 7.91. The van der Waals surface area contributed by atoms with Gasteiger partial charge < -0.3 is 5.32 Å². The maximum absolute atomic E-state index is 12.1. The van der Waals surface area contributed by atoms with E-state index in [0.717, 1.165) is 28.1 Å². The molecule has 0 saturated carbocycles. The van der Waals surface area contributed by atoms with Gasteiger partial charge in [0.1, 0.15) is 0 Å². The maximum atomic E-state index is 12.1. The van der Waals surface area contributed by atoms with E-state index >= 15 is 0 Å². The third-order valence-electron chi connectivity index (χ3n) is 3.60. The standard InChI is InChI=1S/C18H17ClN4OS2/c1-11-8-20-17(22-12(11)2)25-10-16(24)23-18-21-9-15(26-18)7-13-4-3-5-14(19)6-13/h3-6,8-9H,7,10H2,1-2H3,(H,21,23,24). The van der Waals surface area contributed by atoms with Crippen LogP contribution < -0.4 is 5.32 Å². The van der Waals surface area contributed by atoms with E-state index in [1.807, 2.05) is 38.1 Å². The molecule has 0 spiro atoms. The van der Waals surface area contributed by atoms with Crippen LogP contribution in [0.1, 0.15) is 21.7 Å². The van der Waals surface area contributed by atoms with Crippen molar-refractivity contribution in [3.8, 4) is 0 Å². The molecule has 2 aromatic heterocycles. The van der Waals surface area contributed by atoms with Crippen molar-refractivity contribution in [3.63, 3.8) is 0 Å². The summed E-state index contributed by atoms with van der Waals surface area (Å²) in [5.74, 6) is 0.117. The van der Waals surface area contributed by atoms with E-state index in [2.05, 4.69) is 20.3 Å². The first kappa shape index (κ1) is 18.8. The molecule has 0 unspecified atom stereocenters. The van der Waals surface area contributed by atoms with Crippen LogP contribution in [0.15, 0.2) is 41.8 Å². The Morgan fingerprint density at radius 1 is 1.27 bits per heavy atom. The van der Waals surface area contributed by atoms with E-state index < -0.39 is 0 Å². The highest BCUT2D eigenvalue weighted by Gasteiger charge is 2.10. The van der Waals surface area contributed by atoms with Gasteiger partial charge in [0.25, 0.3) is 0 Å². The number of nitrogens with one attached hydrogen (secondary N) is 1. The minimum absolute atomic E-state index is 0.125. The van der Waals surface area contributed by atoms with E-state index in [-0.39, 0.29) is 11.7 Å². The van der Waals surface area contributed by atoms with Crippen molar-refractivity contribution < 1.29 is 4.79 Å². The molecule has 1 amide bonds. The number of aryl methyl sites for hydroxylation is 2. The van der Waals surface area contributed by atoms with Crippen LogP contribution in [-0.2, 0) is 11.2 Å². The first-order chi connectivity index (χ1) is 12.5. The lowest BCUT2D eigenvalue weighted by Gasteiger charge is -2.03. The minimum Gasteiger partial charge on any atom is -0.301 e. The van der Waals surface area contributed by atoms with Crippen LogP contribution in [0.3, 0.4) is 0 Å². The second kappa shape index (κ2) is 8.62. The highest BCUT2D eigenvalue weighted by Crippen LogP contribution is 2.23. The number of carbonyl (C=O) groups is 1. The van der Waals surface area contributed by atoms with Gasteiger partial charge in [0.15, 0.2) is 10.3 Å². The van der Waals surface area contributed by atoms with Crippen LogP contribution in [0.25, 0.3) is 0 Å². The van der Waals surface area contributed by atoms with Gasteiger partial charge in [-0.05, 0) is 37.1 Å². The van der Waals surface area contributed by atoms with Crippen LogP contribution in [-0.4, -0.2) is 26.6 Å². The number of thioether (sulfide) groups is 1. The number of anilines is 1. The number of rotatable bonds is 6. The van der Waals surface area contributed by atoms with Crippen molar-refractivity contribution in [2.45, 2.75) is 25.4 Å². The fraction of sp³-hybridized carbons (Fsp3) is 0.222. The van der Waals surface area contributed by atoms with Crippen molar-refractivity contribution >= 4 is 45.7 Å². The molecule has 8 heteroatoms. The molecule has 0 aliphatic carbocycles. The van der Waals surface area contributed by atoms with Gasteiger partial charge in [-0.3, -0.25) is 4.79 Å². The number of aromatic nitrogens is 3. The molecule has 0 atom stereocenters. The van der Waals surface area contributed by atoms with Gasteiger partial charge in [-0.25, -0.2) is 15.0 Å². The average molecular weight is 405 g/mol. The largest absolute Gasteiger partial charge is 0.301 e. The summed E-state index contributed by atoms with van der Waals surface area (Å²) in [6.45, 7) is 3.89. The number of carbonyl (C=O) groups excluding carboxylic acids is 1. The molecular weight excluding hydrogens is 388 g/mol. The van der Waals surface area contributed by atoms with Gasteiger partial charge in [-0.2, -0.15) is 0 Å². The lowest BCUT2D eigenvalue weighted by Crippen LogP contribution is -2.14. The van der Waals surface area contributed by atoms with Gasteiger partial charge in [0.05, 0.1) is 5.75 Å². The zero-order valence-corrected chi connectivity index (χ0v) is 16.7. The smallest absolute Gasteiger partial charge is 0.236 e. The molecule has 3 rings (SSSR count). The summed E-state index contributed by atoms with van der Waals surface area (Å²) >= 11 is 8.78. The number of hydrogen-bond donors (Lipinski definition) is 1. The van der Waals surface area contributed by atoms with E-state index in [0.29, 0.717) is 15.3 Å². The van der Waals surface area contributed by atoms with Gasteiger partial charge in [-0.1, -0.05) is 35.5 Å². The van der Waals surface area contributed by atoms with Crippen LogP contribution in [0, 0.1) is 13.8 Å². The molecule has 1 N–H and O–H groups in total. The van der Waals surface area contributed by atoms with Gasteiger partial charge in [0, 0.05) is 34.4 Å². The Bertz CT molecular complexity index is 929. The number of halogens is 1. The van der Waals surface area contributed by atoms with Crippen molar-refractivity contribution in [2.24, 2.45) is 0 Å². The fourth-order valence-corrected chi connectivity index (χ4v) is 3.89. The zero-order valence-electron chi connectivity index (χ0n) is 14.3. The number of benzene rings is 1. The molecule has 26 heavy (non-hydrogen) atoms. The summed E-state index contributed by atoms with van der Waals surface area (Å²) in [5, 5.41) is 4.73. The SMILES string of the molecule is Cc1cnc(SCC(=O)Nc2ncc(Cc3cccc(Cl)c3)s2)nc1C. The molecule has 0 saturated heterocycles. The number of hydrogen-bond acceptors (Lipinski definition) is 6. The maximum Gasteiger partial charge on any atom is 0.236 e. The molecule has 3 aromatic rings. The average Bonchev–Trinajstić information content (AvgIpc) is 3.03. The quantitative estimate of drug-likeness (QED) is 0.483. The van der Waals surface area contributed by atoms with E-state index in [9.17, 15) is 4.79 Å². The normalized spacial score (nSPS) is 10.7. The Morgan fingerprint density at radius 2 is 2.12 bits per heavy atom. The first-order valence-corrected chi connectivity index (χ1v) is 10.1. The number of thiazole rings is 1. The second-order valence-electron chi connectivity index (χ2n) is 5.70.